The Morgan fingerprint density at radius 2 is 1.59 bits per heavy atom. The van der Waals surface area contributed by atoms with Gasteiger partial charge in [-0.15, -0.1) is 0 Å². The van der Waals surface area contributed by atoms with Crippen molar-refractivity contribution in [1.82, 2.24) is 0 Å². The number of halogens is 1. The summed E-state index contributed by atoms with van der Waals surface area (Å²) in [6.07, 6.45) is 10.8. The molecule has 4 aliphatic carbocycles. The molecule has 1 heterocycles. The minimum absolute atomic E-state index is 0.0857. The van der Waals surface area contributed by atoms with Gasteiger partial charge in [-0.1, -0.05) is 46.8 Å². The molecule has 228 valence electrons. The van der Waals surface area contributed by atoms with Crippen LogP contribution in [-0.4, -0.2) is 28.1 Å². The first kappa shape index (κ1) is 29.6. The molecule has 1 saturated heterocycles. The lowest BCUT2D eigenvalue weighted by Gasteiger charge is -2.70. The molecule has 6 rings (SSSR count). The molecule has 0 bridgehead atoms. The van der Waals surface area contributed by atoms with Gasteiger partial charge < -0.3 is 9.84 Å². The Balaban J connectivity index is 1.29. The molecule has 41 heavy (non-hydrogen) atoms. The molecule has 1 aromatic carbocycles. The molecule has 5 aliphatic rings. The molecular formula is C36H55FN2O2. The van der Waals surface area contributed by atoms with Crippen LogP contribution in [0.15, 0.2) is 29.4 Å². The van der Waals surface area contributed by atoms with Gasteiger partial charge in [0, 0.05) is 11.1 Å². The summed E-state index contributed by atoms with van der Waals surface area (Å²) in [5.74, 6) is 1.39. The quantitative estimate of drug-likeness (QED) is 0.359. The van der Waals surface area contributed by atoms with E-state index in [0.29, 0.717) is 29.4 Å². The van der Waals surface area contributed by atoms with Crippen LogP contribution in [-0.2, 0) is 4.74 Å². The van der Waals surface area contributed by atoms with Crippen LogP contribution in [0.25, 0.3) is 0 Å². The topological polar surface area (TPSA) is 53.9 Å². The van der Waals surface area contributed by atoms with Gasteiger partial charge in [0.1, 0.15) is 5.82 Å². The second-order valence-corrected chi connectivity index (χ2v) is 16.9. The average Bonchev–Trinajstić information content (AvgIpc) is 3.26. The molecule has 1 aromatic rings. The number of aliphatic hydroxyl groups excluding tert-OH is 1. The van der Waals surface area contributed by atoms with Crippen LogP contribution in [0.3, 0.4) is 0 Å². The van der Waals surface area contributed by atoms with E-state index >= 15 is 0 Å². The summed E-state index contributed by atoms with van der Waals surface area (Å²) in [4.78, 5) is 0. The van der Waals surface area contributed by atoms with E-state index in [1.54, 1.807) is 12.1 Å². The first-order valence-electron chi connectivity index (χ1n) is 16.5. The van der Waals surface area contributed by atoms with Gasteiger partial charge in [0.05, 0.1) is 23.0 Å². The fourth-order valence-corrected chi connectivity index (χ4v) is 12.0. The van der Waals surface area contributed by atoms with Crippen LogP contribution >= 0.6 is 0 Å². The van der Waals surface area contributed by atoms with Gasteiger partial charge in [0.25, 0.3) is 0 Å². The Hall–Kier alpha value is -1.46. The van der Waals surface area contributed by atoms with E-state index in [2.05, 4.69) is 60.8 Å². The lowest BCUT2D eigenvalue weighted by atomic mass is 9.35. The molecule has 0 unspecified atom stereocenters. The van der Waals surface area contributed by atoms with Crippen molar-refractivity contribution in [3.05, 3.63) is 30.1 Å². The van der Waals surface area contributed by atoms with Crippen LogP contribution in [0.5, 0.6) is 0 Å². The number of nitrogens with one attached hydrogen (secondary N) is 1. The van der Waals surface area contributed by atoms with Crippen LogP contribution < -0.4 is 5.43 Å². The van der Waals surface area contributed by atoms with Crippen molar-refractivity contribution in [2.45, 2.75) is 137 Å². The van der Waals surface area contributed by atoms with Crippen molar-refractivity contribution in [1.29, 1.82) is 0 Å². The van der Waals surface area contributed by atoms with Gasteiger partial charge >= 0.3 is 0 Å². The number of nitrogens with zero attached hydrogens (tertiary/aromatic N) is 1. The van der Waals surface area contributed by atoms with E-state index in [9.17, 15) is 9.50 Å². The number of hydrogen-bond donors (Lipinski definition) is 2. The second kappa shape index (κ2) is 9.52. The van der Waals surface area contributed by atoms with E-state index < -0.39 is 0 Å². The summed E-state index contributed by atoms with van der Waals surface area (Å²) in [6.45, 7) is 19.3. The van der Waals surface area contributed by atoms with Crippen molar-refractivity contribution in [3.63, 3.8) is 0 Å². The highest BCUT2D eigenvalue weighted by molar-refractivity contribution is 5.91. The van der Waals surface area contributed by atoms with Crippen LogP contribution in [0.2, 0.25) is 0 Å². The Morgan fingerprint density at radius 1 is 0.878 bits per heavy atom. The number of aliphatic hydroxyl groups is 1. The summed E-state index contributed by atoms with van der Waals surface area (Å²) in [7, 11) is 0. The summed E-state index contributed by atoms with van der Waals surface area (Å²) < 4.78 is 21.2. The normalized spacial score (nSPS) is 47.8. The molecule has 0 aromatic heterocycles. The molecule has 5 fully saturated rings. The first-order valence-corrected chi connectivity index (χ1v) is 16.5. The smallest absolute Gasteiger partial charge is 0.148 e. The van der Waals surface area contributed by atoms with Crippen molar-refractivity contribution < 1.29 is 14.2 Å². The predicted molar refractivity (Wildman–Crippen MR) is 165 cm³/mol. The molecule has 5 heteroatoms. The number of para-hydroxylation sites is 1. The molecule has 0 spiro atoms. The molecule has 1 aliphatic heterocycles. The van der Waals surface area contributed by atoms with E-state index in [-0.39, 0.29) is 44.8 Å². The monoisotopic (exact) mass is 566 g/mol. The fraction of sp³-hybridized carbons (Fsp3) is 0.806. The van der Waals surface area contributed by atoms with Crippen molar-refractivity contribution in [3.8, 4) is 0 Å². The molecule has 2 N–H and O–H groups in total. The Morgan fingerprint density at radius 3 is 2.29 bits per heavy atom. The molecule has 4 nitrogen and oxygen atoms in total. The van der Waals surface area contributed by atoms with Crippen LogP contribution in [0.4, 0.5) is 10.1 Å². The van der Waals surface area contributed by atoms with E-state index in [1.807, 2.05) is 6.07 Å². The van der Waals surface area contributed by atoms with Crippen molar-refractivity contribution >= 4 is 11.4 Å². The summed E-state index contributed by atoms with van der Waals surface area (Å²) in [5, 5.41) is 17.0. The third-order valence-corrected chi connectivity index (χ3v) is 14.1. The number of benzene rings is 1. The zero-order chi connectivity index (χ0) is 29.6. The maximum Gasteiger partial charge on any atom is 0.148 e. The summed E-state index contributed by atoms with van der Waals surface area (Å²) in [6, 6.07) is 6.78. The van der Waals surface area contributed by atoms with E-state index in [4.69, 9.17) is 9.84 Å². The number of anilines is 1. The molecule has 0 radical (unpaired) electrons. The Bertz CT molecular complexity index is 1210. The standard InChI is InChI=1S/C36H55FN2O2/c1-31(2)17-11-18-36(8,41-31)23-14-20-35(7)30(23)26(40)22-28-33(5)19-16-29(39-38-25-13-10-9-12-24(25)37)32(3,4)27(33)15-21-34(28,35)6/h9-10,12-13,23,26-28,30,38,40H,11,14-22H2,1-8H3/b39-29+/t23-,26+,27-,28+,30-,33-,34+,35+,36+/m0/s1. The van der Waals surface area contributed by atoms with Gasteiger partial charge in [-0.25, -0.2) is 4.39 Å². The zero-order valence-electron chi connectivity index (χ0n) is 26.9. The lowest BCUT2D eigenvalue weighted by molar-refractivity contribution is -0.244. The SMILES string of the molecule is CC1(C)CCC[C@](C)([C@H]2CC[C@]3(C)[C@@H]2[C@H](O)C[C@@H]2[C@@]4(C)CC/C(=N\Nc5ccccc5F)C(C)(C)[C@@H]4CC[C@]23C)O1. The number of hydrazone groups is 1. The number of rotatable bonds is 3. The van der Waals surface area contributed by atoms with Gasteiger partial charge in [-0.3, -0.25) is 5.43 Å². The van der Waals surface area contributed by atoms with Gasteiger partial charge in [0.2, 0.25) is 0 Å². The summed E-state index contributed by atoms with van der Waals surface area (Å²) >= 11 is 0. The molecule has 0 amide bonds. The number of ether oxygens (including phenoxy) is 1. The Kier molecular flexibility index (Phi) is 6.87. The maximum atomic E-state index is 14.3. The predicted octanol–water partition coefficient (Wildman–Crippen LogP) is 8.99. The van der Waals surface area contributed by atoms with Crippen LogP contribution in [0, 0.1) is 51.1 Å². The molecular weight excluding hydrogens is 511 g/mol. The minimum Gasteiger partial charge on any atom is -0.393 e. The van der Waals surface area contributed by atoms with Crippen LogP contribution in [0.1, 0.15) is 120 Å². The maximum absolute atomic E-state index is 14.3. The van der Waals surface area contributed by atoms with Gasteiger partial charge in [-0.2, -0.15) is 5.10 Å². The lowest BCUT2D eigenvalue weighted by Crippen LogP contribution is -2.66. The largest absolute Gasteiger partial charge is 0.393 e. The number of fused-ring (bicyclic) bond motifs is 5. The first-order chi connectivity index (χ1) is 19.1. The highest BCUT2D eigenvalue weighted by Crippen LogP contribution is 2.76. The molecule has 9 atom stereocenters. The fourth-order valence-electron chi connectivity index (χ4n) is 12.0. The van der Waals surface area contributed by atoms with Crippen molar-refractivity contribution in [2.24, 2.45) is 50.4 Å². The zero-order valence-corrected chi connectivity index (χ0v) is 26.9. The highest BCUT2D eigenvalue weighted by atomic mass is 19.1. The third kappa shape index (κ3) is 4.29. The third-order valence-electron chi connectivity index (χ3n) is 14.1. The van der Waals surface area contributed by atoms with Crippen molar-refractivity contribution in [2.75, 3.05) is 5.43 Å². The van der Waals surface area contributed by atoms with Gasteiger partial charge in [-0.05, 0) is 137 Å². The van der Waals surface area contributed by atoms with E-state index in [1.165, 1.54) is 31.7 Å². The van der Waals surface area contributed by atoms with E-state index in [0.717, 1.165) is 44.2 Å². The molecule has 4 saturated carbocycles. The second-order valence-electron chi connectivity index (χ2n) is 16.9. The summed E-state index contributed by atoms with van der Waals surface area (Å²) in [5.41, 5.74) is 4.74. The highest BCUT2D eigenvalue weighted by Gasteiger charge is 2.71. The minimum atomic E-state index is -0.285. The average molecular weight is 567 g/mol. The Labute approximate surface area is 248 Å². The van der Waals surface area contributed by atoms with Gasteiger partial charge in [0.15, 0.2) is 0 Å². The number of hydrogen-bond acceptors (Lipinski definition) is 4.